The van der Waals surface area contributed by atoms with Crippen LogP contribution in [0.2, 0.25) is 0 Å². The largest absolute Gasteiger partial charge is 0.368 e. The number of anilines is 3. The fraction of sp³-hybridized carbons (Fsp3) is 0.304. The Hall–Kier alpha value is -3.48. The summed E-state index contributed by atoms with van der Waals surface area (Å²) in [6.45, 7) is 7.67. The predicted molar refractivity (Wildman–Crippen MR) is 119 cm³/mol. The topological polar surface area (TPSA) is 97.0 Å². The lowest BCUT2D eigenvalue weighted by Crippen LogP contribution is -2.33. The zero-order chi connectivity index (χ0) is 21.3. The summed E-state index contributed by atoms with van der Waals surface area (Å²) in [6, 6.07) is 11.6. The Kier molecular flexibility index (Phi) is 5.35. The molecule has 0 saturated heterocycles. The normalized spacial score (nSPS) is 13.3. The van der Waals surface area contributed by atoms with Gasteiger partial charge < -0.3 is 16.0 Å². The summed E-state index contributed by atoms with van der Waals surface area (Å²) in [5.41, 5.74) is 11.1. The van der Waals surface area contributed by atoms with Crippen molar-refractivity contribution >= 4 is 23.4 Å². The highest BCUT2D eigenvalue weighted by atomic mass is 16.1. The number of amides is 1. The lowest BCUT2D eigenvalue weighted by molar-refractivity contribution is 0.102. The van der Waals surface area contributed by atoms with E-state index in [1.54, 1.807) is 12.3 Å². The van der Waals surface area contributed by atoms with Crippen molar-refractivity contribution in [1.29, 1.82) is 0 Å². The molecule has 0 spiro atoms. The third kappa shape index (κ3) is 4.10. The number of fused-ring (bicyclic) bond motifs is 1. The Morgan fingerprint density at radius 3 is 2.83 bits per heavy atom. The first-order valence-electron chi connectivity index (χ1n) is 10.1. The maximum absolute atomic E-state index is 12.9. The Morgan fingerprint density at radius 2 is 2.03 bits per heavy atom. The first-order chi connectivity index (χ1) is 14.4. The summed E-state index contributed by atoms with van der Waals surface area (Å²) >= 11 is 0. The Balaban J connectivity index is 1.55. The van der Waals surface area contributed by atoms with Gasteiger partial charge in [0.25, 0.3) is 5.91 Å². The number of nitrogens with one attached hydrogen (secondary N) is 1. The molecule has 7 nitrogen and oxygen atoms in total. The van der Waals surface area contributed by atoms with E-state index >= 15 is 0 Å². The van der Waals surface area contributed by atoms with Crippen molar-refractivity contribution in [2.45, 2.75) is 39.7 Å². The van der Waals surface area contributed by atoms with Crippen molar-refractivity contribution in [3.63, 3.8) is 0 Å². The summed E-state index contributed by atoms with van der Waals surface area (Å²) in [7, 11) is 0. The number of nitrogen functional groups attached to an aromatic ring is 1. The average Bonchev–Trinajstić information content (AvgIpc) is 2.74. The number of carbonyl (C=O) groups excluding carboxylic acids is 1. The smallest absolute Gasteiger partial charge is 0.274 e. The molecule has 3 aromatic rings. The monoisotopic (exact) mass is 402 g/mol. The first kappa shape index (κ1) is 19.8. The van der Waals surface area contributed by atoms with Gasteiger partial charge in [-0.3, -0.25) is 4.79 Å². The van der Waals surface area contributed by atoms with Gasteiger partial charge >= 0.3 is 0 Å². The highest BCUT2D eigenvalue weighted by Gasteiger charge is 2.22. The van der Waals surface area contributed by atoms with E-state index in [0.29, 0.717) is 24.1 Å². The molecule has 0 unspecified atom stereocenters. The molecule has 154 valence electrons. The van der Waals surface area contributed by atoms with E-state index in [1.165, 1.54) is 5.56 Å². The molecule has 4 rings (SSSR count). The number of aryl methyl sites for hydroxylation is 1. The van der Waals surface area contributed by atoms with E-state index in [-0.39, 0.29) is 5.91 Å². The summed E-state index contributed by atoms with van der Waals surface area (Å²) in [4.78, 5) is 28.1. The number of nitrogens with two attached hydrogens (primary N) is 1. The molecule has 0 saturated carbocycles. The lowest BCUT2D eigenvalue weighted by Gasteiger charge is -2.30. The molecule has 1 aliphatic rings. The highest BCUT2D eigenvalue weighted by molar-refractivity contribution is 6.03. The van der Waals surface area contributed by atoms with Crippen molar-refractivity contribution in [2.75, 3.05) is 22.5 Å². The van der Waals surface area contributed by atoms with Gasteiger partial charge in [-0.2, -0.15) is 0 Å². The van der Waals surface area contributed by atoms with Crippen LogP contribution in [-0.2, 0) is 13.0 Å². The third-order valence-corrected chi connectivity index (χ3v) is 5.37. The van der Waals surface area contributed by atoms with E-state index in [4.69, 9.17) is 5.73 Å². The summed E-state index contributed by atoms with van der Waals surface area (Å²) in [6.07, 6.45) is 2.54. The van der Waals surface area contributed by atoms with Gasteiger partial charge in [0.05, 0.1) is 5.69 Å². The first-order valence-corrected chi connectivity index (χ1v) is 10.1. The minimum Gasteiger partial charge on any atom is -0.368 e. The molecule has 30 heavy (non-hydrogen) atoms. The van der Waals surface area contributed by atoms with Crippen molar-refractivity contribution in [1.82, 2.24) is 15.0 Å². The lowest BCUT2D eigenvalue weighted by atomic mass is 10.0. The van der Waals surface area contributed by atoms with E-state index in [9.17, 15) is 4.79 Å². The van der Waals surface area contributed by atoms with Crippen molar-refractivity contribution in [3.05, 3.63) is 70.7 Å². The van der Waals surface area contributed by atoms with Crippen LogP contribution in [0.15, 0.2) is 42.6 Å². The summed E-state index contributed by atoms with van der Waals surface area (Å²) in [5.74, 6) is 1.29. The molecule has 0 atom stereocenters. The Bertz CT molecular complexity index is 1090. The van der Waals surface area contributed by atoms with Gasteiger partial charge in [0.1, 0.15) is 11.5 Å². The molecule has 0 fully saturated rings. The molecule has 0 aliphatic carbocycles. The van der Waals surface area contributed by atoms with Crippen LogP contribution in [-0.4, -0.2) is 27.4 Å². The van der Waals surface area contributed by atoms with Gasteiger partial charge in [0.15, 0.2) is 0 Å². The molecule has 1 aliphatic heterocycles. The minimum atomic E-state index is -0.217. The maximum Gasteiger partial charge on any atom is 0.274 e. The molecular weight excluding hydrogens is 376 g/mol. The average molecular weight is 403 g/mol. The fourth-order valence-corrected chi connectivity index (χ4v) is 3.65. The predicted octanol–water partition coefficient (Wildman–Crippen LogP) is 3.70. The Labute approximate surface area is 176 Å². The second-order valence-corrected chi connectivity index (χ2v) is 7.94. The van der Waals surface area contributed by atoms with E-state index in [0.717, 1.165) is 41.3 Å². The second kappa shape index (κ2) is 8.10. The number of carbonyl (C=O) groups is 1. The van der Waals surface area contributed by atoms with Gasteiger partial charge in [0.2, 0.25) is 5.95 Å². The molecule has 1 aromatic carbocycles. The van der Waals surface area contributed by atoms with Crippen LogP contribution in [0.4, 0.5) is 17.5 Å². The van der Waals surface area contributed by atoms with Gasteiger partial charge in [-0.05, 0) is 42.2 Å². The summed E-state index contributed by atoms with van der Waals surface area (Å²) in [5, 5.41) is 2.97. The number of hydrogen-bond acceptors (Lipinski definition) is 6. The quantitative estimate of drug-likeness (QED) is 0.691. The van der Waals surface area contributed by atoms with Gasteiger partial charge in [-0.25, -0.2) is 15.0 Å². The molecule has 1 amide bonds. The second-order valence-electron chi connectivity index (χ2n) is 7.94. The SMILES string of the molecule is Cc1ccc(C(=O)Nc2cccc(C(C)C)c2)nc1N1CCc2nc(N)ncc2C1. The van der Waals surface area contributed by atoms with Crippen LogP contribution in [0.1, 0.15) is 52.6 Å². The summed E-state index contributed by atoms with van der Waals surface area (Å²) < 4.78 is 0. The molecule has 0 radical (unpaired) electrons. The zero-order valence-electron chi connectivity index (χ0n) is 17.5. The van der Waals surface area contributed by atoms with Crippen LogP contribution < -0.4 is 16.0 Å². The van der Waals surface area contributed by atoms with Crippen molar-refractivity contribution in [3.8, 4) is 0 Å². The minimum absolute atomic E-state index is 0.217. The van der Waals surface area contributed by atoms with Gasteiger partial charge in [-0.1, -0.05) is 32.0 Å². The molecule has 7 heteroatoms. The van der Waals surface area contributed by atoms with Gasteiger partial charge in [0, 0.05) is 37.0 Å². The fourth-order valence-electron chi connectivity index (χ4n) is 3.65. The van der Waals surface area contributed by atoms with Crippen molar-refractivity contribution < 1.29 is 4.79 Å². The van der Waals surface area contributed by atoms with E-state index in [2.05, 4.69) is 45.1 Å². The maximum atomic E-state index is 12.9. The Morgan fingerprint density at radius 1 is 1.20 bits per heavy atom. The number of hydrogen-bond donors (Lipinski definition) is 2. The van der Waals surface area contributed by atoms with Crippen LogP contribution in [0.5, 0.6) is 0 Å². The standard InChI is InChI=1S/C23H26N6O/c1-14(2)16-5-4-6-18(11-16)26-22(30)20-8-7-15(3)21(27-20)29-10-9-19-17(13-29)12-25-23(24)28-19/h4-8,11-12,14H,9-10,13H2,1-3H3,(H,26,30)(H2,24,25,28). The van der Waals surface area contributed by atoms with Crippen LogP contribution >= 0.6 is 0 Å². The zero-order valence-corrected chi connectivity index (χ0v) is 17.5. The van der Waals surface area contributed by atoms with Crippen molar-refractivity contribution in [2.24, 2.45) is 0 Å². The number of aromatic nitrogens is 3. The highest BCUT2D eigenvalue weighted by Crippen LogP contribution is 2.25. The van der Waals surface area contributed by atoms with E-state index < -0.39 is 0 Å². The molecule has 3 N–H and O–H groups in total. The molecule has 3 heterocycles. The molecular formula is C23H26N6O. The van der Waals surface area contributed by atoms with Gasteiger partial charge in [-0.15, -0.1) is 0 Å². The number of rotatable bonds is 4. The van der Waals surface area contributed by atoms with Crippen LogP contribution in [0, 0.1) is 6.92 Å². The van der Waals surface area contributed by atoms with E-state index in [1.807, 2.05) is 31.2 Å². The number of pyridine rings is 1. The molecule has 0 bridgehead atoms. The van der Waals surface area contributed by atoms with Crippen LogP contribution in [0.3, 0.4) is 0 Å². The number of nitrogens with zero attached hydrogens (tertiary/aromatic N) is 4. The number of benzene rings is 1. The third-order valence-electron chi connectivity index (χ3n) is 5.37. The van der Waals surface area contributed by atoms with Crippen LogP contribution in [0.25, 0.3) is 0 Å². The molecule has 2 aromatic heterocycles.